The van der Waals surface area contributed by atoms with Gasteiger partial charge in [0.15, 0.2) is 0 Å². The number of carboxylic acids is 1. The Labute approximate surface area is 93.3 Å². The van der Waals surface area contributed by atoms with E-state index in [1.807, 2.05) is 0 Å². The molecule has 1 aromatic rings. The number of rotatable bonds is 4. The summed E-state index contributed by atoms with van der Waals surface area (Å²) in [5, 5.41) is 11.2. The molecule has 0 saturated carbocycles. The molecule has 5 nitrogen and oxygen atoms in total. The molecule has 0 heterocycles. The van der Waals surface area contributed by atoms with Gasteiger partial charge in [-0.15, -0.1) is 0 Å². The summed E-state index contributed by atoms with van der Waals surface area (Å²) in [5.41, 5.74) is 6.35. The number of nitrogens with one attached hydrogen (secondary N) is 1. The Balaban J connectivity index is 2.93. The van der Waals surface area contributed by atoms with Crippen molar-refractivity contribution in [3.63, 3.8) is 0 Å². The van der Waals surface area contributed by atoms with Crippen LogP contribution in [0.4, 0.5) is 10.5 Å². The summed E-state index contributed by atoms with van der Waals surface area (Å²) in [6, 6.07) is 6.36. The van der Waals surface area contributed by atoms with Crippen molar-refractivity contribution in [2.45, 2.75) is 19.3 Å². The highest BCUT2D eigenvalue weighted by molar-refractivity contribution is 5.89. The minimum absolute atomic E-state index is 0.0114. The Kier molecular flexibility index (Phi) is 3.88. The standard InChI is InChI=1S/C11H14N2O3/c1-7(6-10(14)15)8-4-2-3-5-9(8)13-11(12)16/h2-5,7H,6H2,1H3,(H,14,15)(H3,12,13,16). The number of carbonyl (C=O) groups is 2. The molecule has 0 aliphatic heterocycles. The third kappa shape index (κ3) is 3.27. The van der Waals surface area contributed by atoms with Gasteiger partial charge in [-0.05, 0) is 17.5 Å². The molecule has 4 N–H and O–H groups in total. The van der Waals surface area contributed by atoms with Gasteiger partial charge in [-0.25, -0.2) is 4.79 Å². The maximum absolute atomic E-state index is 10.8. The van der Waals surface area contributed by atoms with Gasteiger partial charge in [0.1, 0.15) is 0 Å². The Bertz CT molecular complexity index is 404. The first-order chi connectivity index (χ1) is 7.50. The molecule has 5 heteroatoms. The second-order valence-electron chi connectivity index (χ2n) is 3.58. The number of amides is 2. The van der Waals surface area contributed by atoms with Crippen molar-refractivity contribution >= 4 is 17.7 Å². The van der Waals surface area contributed by atoms with Crippen molar-refractivity contribution in [3.05, 3.63) is 29.8 Å². The molecule has 0 radical (unpaired) electrons. The number of benzene rings is 1. The fourth-order valence-corrected chi connectivity index (χ4v) is 1.55. The summed E-state index contributed by atoms with van der Waals surface area (Å²) in [6.07, 6.45) is 0.0114. The Morgan fingerprint density at radius 1 is 1.44 bits per heavy atom. The van der Waals surface area contributed by atoms with E-state index in [-0.39, 0.29) is 12.3 Å². The number of anilines is 1. The van der Waals surface area contributed by atoms with Crippen LogP contribution >= 0.6 is 0 Å². The third-order valence-corrected chi connectivity index (χ3v) is 2.23. The predicted octanol–water partition coefficient (Wildman–Crippen LogP) is 1.76. The highest BCUT2D eigenvalue weighted by Gasteiger charge is 2.14. The molecular formula is C11H14N2O3. The van der Waals surface area contributed by atoms with Crippen LogP contribution in [-0.2, 0) is 4.79 Å². The summed E-state index contributed by atoms with van der Waals surface area (Å²) in [6.45, 7) is 1.79. The molecule has 0 spiro atoms. The van der Waals surface area contributed by atoms with Crippen molar-refractivity contribution in [2.24, 2.45) is 5.73 Å². The molecule has 1 aromatic carbocycles. The van der Waals surface area contributed by atoms with E-state index in [9.17, 15) is 9.59 Å². The zero-order valence-corrected chi connectivity index (χ0v) is 8.93. The van der Waals surface area contributed by atoms with E-state index in [0.717, 1.165) is 5.56 Å². The molecule has 1 unspecified atom stereocenters. The highest BCUT2D eigenvalue weighted by Crippen LogP contribution is 2.26. The molecule has 1 atom stereocenters. The van der Waals surface area contributed by atoms with Gasteiger partial charge in [-0.2, -0.15) is 0 Å². The third-order valence-electron chi connectivity index (χ3n) is 2.23. The number of nitrogens with two attached hydrogens (primary N) is 1. The number of hydrogen-bond donors (Lipinski definition) is 3. The van der Waals surface area contributed by atoms with Gasteiger partial charge in [0.2, 0.25) is 0 Å². The van der Waals surface area contributed by atoms with E-state index in [2.05, 4.69) is 5.32 Å². The van der Waals surface area contributed by atoms with E-state index < -0.39 is 12.0 Å². The molecule has 16 heavy (non-hydrogen) atoms. The van der Waals surface area contributed by atoms with Crippen molar-refractivity contribution in [3.8, 4) is 0 Å². The van der Waals surface area contributed by atoms with E-state index >= 15 is 0 Å². The summed E-state index contributed by atoms with van der Waals surface area (Å²) < 4.78 is 0. The molecule has 2 amide bonds. The lowest BCUT2D eigenvalue weighted by molar-refractivity contribution is -0.137. The van der Waals surface area contributed by atoms with Crippen molar-refractivity contribution in [1.82, 2.24) is 0 Å². The normalized spacial score (nSPS) is 11.8. The number of carbonyl (C=O) groups excluding carboxylic acids is 1. The lowest BCUT2D eigenvalue weighted by Crippen LogP contribution is -2.20. The molecule has 0 bridgehead atoms. The summed E-state index contributed by atoms with van der Waals surface area (Å²) in [4.78, 5) is 21.4. The number of urea groups is 1. The average molecular weight is 222 g/mol. The Morgan fingerprint density at radius 3 is 2.62 bits per heavy atom. The van der Waals surface area contributed by atoms with Gasteiger partial charge in [-0.3, -0.25) is 4.79 Å². The van der Waals surface area contributed by atoms with E-state index in [4.69, 9.17) is 10.8 Å². The Morgan fingerprint density at radius 2 is 2.06 bits per heavy atom. The fourth-order valence-electron chi connectivity index (χ4n) is 1.55. The van der Waals surface area contributed by atoms with Crippen LogP contribution in [0.3, 0.4) is 0 Å². The summed E-state index contributed by atoms with van der Waals surface area (Å²) in [7, 11) is 0. The second-order valence-corrected chi connectivity index (χ2v) is 3.58. The van der Waals surface area contributed by atoms with E-state index in [0.29, 0.717) is 5.69 Å². The van der Waals surface area contributed by atoms with E-state index in [1.165, 1.54) is 0 Å². The highest BCUT2D eigenvalue weighted by atomic mass is 16.4. The van der Waals surface area contributed by atoms with Crippen LogP contribution in [0.1, 0.15) is 24.8 Å². The first-order valence-electron chi connectivity index (χ1n) is 4.88. The van der Waals surface area contributed by atoms with Crippen molar-refractivity contribution < 1.29 is 14.7 Å². The number of aliphatic carboxylic acids is 1. The van der Waals surface area contributed by atoms with Gasteiger partial charge < -0.3 is 16.2 Å². The number of para-hydroxylation sites is 1. The molecule has 0 aliphatic rings. The monoisotopic (exact) mass is 222 g/mol. The topological polar surface area (TPSA) is 92.4 Å². The number of hydrogen-bond acceptors (Lipinski definition) is 2. The van der Waals surface area contributed by atoms with Crippen LogP contribution in [0.25, 0.3) is 0 Å². The minimum atomic E-state index is -0.874. The van der Waals surface area contributed by atoms with Crippen molar-refractivity contribution in [2.75, 3.05) is 5.32 Å². The molecule has 0 aromatic heterocycles. The molecule has 86 valence electrons. The Hall–Kier alpha value is -2.04. The van der Waals surface area contributed by atoms with Crippen LogP contribution in [-0.4, -0.2) is 17.1 Å². The van der Waals surface area contributed by atoms with Crippen LogP contribution in [0.2, 0.25) is 0 Å². The SMILES string of the molecule is CC(CC(=O)O)c1ccccc1NC(N)=O. The van der Waals surface area contributed by atoms with Crippen molar-refractivity contribution in [1.29, 1.82) is 0 Å². The van der Waals surface area contributed by atoms with Gasteiger partial charge in [0.25, 0.3) is 0 Å². The van der Waals surface area contributed by atoms with E-state index in [1.54, 1.807) is 31.2 Å². The predicted molar refractivity (Wildman–Crippen MR) is 60.3 cm³/mol. The van der Waals surface area contributed by atoms with Crippen LogP contribution in [0.5, 0.6) is 0 Å². The van der Waals surface area contributed by atoms with Crippen LogP contribution < -0.4 is 11.1 Å². The number of primary amides is 1. The zero-order chi connectivity index (χ0) is 12.1. The molecule has 0 fully saturated rings. The van der Waals surface area contributed by atoms with Crippen LogP contribution in [0.15, 0.2) is 24.3 Å². The first-order valence-corrected chi connectivity index (χ1v) is 4.88. The van der Waals surface area contributed by atoms with Gasteiger partial charge in [0, 0.05) is 5.69 Å². The van der Waals surface area contributed by atoms with Gasteiger partial charge >= 0.3 is 12.0 Å². The van der Waals surface area contributed by atoms with Gasteiger partial charge in [-0.1, -0.05) is 25.1 Å². The maximum atomic E-state index is 10.8. The van der Waals surface area contributed by atoms with Crippen LogP contribution in [0, 0.1) is 0 Å². The maximum Gasteiger partial charge on any atom is 0.316 e. The molecule has 0 saturated heterocycles. The fraction of sp³-hybridized carbons (Fsp3) is 0.273. The quantitative estimate of drug-likeness (QED) is 0.724. The lowest BCUT2D eigenvalue weighted by Gasteiger charge is -2.14. The number of carboxylic acid groups (broad SMARTS) is 1. The van der Waals surface area contributed by atoms with Gasteiger partial charge in [0.05, 0.1) is 6.42 Å². The largest absolute Gasteiger partial charge is 0.481 e. The summed E-state index contributed by atoms with van der Waals surface area (Å²) >= 11 is 0. The lowest BCUT2D eigenvalue weighted by atomic mass is 9.96. The molecular weight excluding hydrogens is 208 g/mol. The first kappa shape index (κ1) is 12.0. The minimum Gasteiger partial charge on any atom is -0.481 e. The molecule has 0 aliphatic carbocycles. The zero-order valence-electron chi connectivity index (χ0n) is 8.93. The molecule has 1 rings (SSSR count). The summed E-state index contributed by atoms with van der Waals surface area (Å²) in [5.74, 6) is -1.05. The smallest absolute Gasteiger partial charge is 0.316 e. The second kappa shape index (κ2) is 5.16. The average Bonchev–Trinajstić information content (AvgIpc) is 2.16.